The van der Waals surface area contributed by atoms with E-state index in [1.54, 1.807) is 31.2 Å². The van der Waals surface area contributed by atoms with E-state index in [2.05, 4.69) is 0 Å². The summed E-state index contributed by atoms with van der Waals surface area (Å²) in [4.78, 5) is 12.2. The number of nitriles is 1. The van der Waals surface area contributed by atoms with Crippen molar-refractivity contribution in [3.8, 4) is 17.6 Å². The molecule has 2 aromatic rings. The van der Waals surface area contributed by atoms with E-state index in [9.17, 15) is 14.4 Å². The van der Waals surface area contributed by atoms with Crippen LogP contribution in [0.4, 0.5) is 4.39 Å². The van der Waals surface area contributed by atoms with E-state index in [0.717, 1.165) is 5.56 Å². The zero-order valence-electron chi connectivity index (χ0n) is 14.6. The minimum absolute atomic E-state index is 0.145. The molecule has 0 saturated carbocycles. The van der Waals surface area contributed by atoms with Crippen molar-refractivity contribution in [3.63, 3.8) is 0 Å². The highest BCUT2D eigenvalue weighted by molar-refractivity contribution is 6.04. The van der Waals surface area contributed by atoms with Gasteiger partial charge in [-0.2, -0.15) is 5.26 Å². The SMILES string of the molecule is CCOC(=O)C(C#N)=C(C=Cc1ccc2c(c1)OCO2)c1ccc(F)cc1. The van der Waals surface area contributed by atoms with Gasteiger partial charge in [-0.1, -0.05) is 30.4 Å². The van der Waals surface area contributed by atoms with Crippen LogP contribution in [0.25, 0.3) is 11.6 Å². The molecule has 0 bridgehead atoms. The van der Waals surface area contributed by atoms with Crippen LogP contribution in [-0.4, -0.2) is 19.4 Å². The normalized spacial score (nSPS) is 13.2. The fraction of sp³-hybridized carbons (Fsp3) is 0.143. The highest BCUT2D eigenvalue weighted by Gasteiger charge is 2.17. The largest absolute Gasteiger partial charge is 0.462 e. The molecule has 5 nitrogen and oxygen atoms in total. The third-order valence-corrected chi connectivity index (χ3v) is 3.85. The minimum Gasteiger partial charge on any atom is -0.462 e. The number of rotatable bonds is 5. The number of carbonyl (C=O) groups excluding carboxylic acids is 1. The Morgan fingerprint density at radius 2 is 1.96 bits per heavy atom. The molecule has 1 aliphatic rings. The lowest BCUT2D eigenvalue weighted by Crippen LogP contribution is -2.08. The van der Waals surface area contributed by atoms with Crippen LogP contribution >= 0.6 is 0 Å². The van der Waals surface area contributed by atoms with Gasteiger partial charge >= 0.3 is 5.97 Å². The number of allylic oxidation sites excluding steroid dienone is 2. The van der Waals surface area contributed by atoms with Gasteiger partial charge in [-0.25, -0.2) is 9.18 Å². The zero-order valence-corrected chi connectivity index (χ0v) is 14.6. The van der Waals surface area contributed by atoms with E-state index >= 15 is 0 Å². The van der Waals surface area contributed by atoms with Crippen molar-refractivity contribution in [2.45, 2.75) is 6.92 Å². The molecule has 1 heterocycles. The molecule has 0 unspecified atom stereocenters. The minimum atomic E-state index is -0.727. The van der Waals surface area contributed by atoms with E-state index in [0.29, 0.717) is 22.6 Å². The Labute approximate surface area is 155 Å². The van der Waals surface area contributed by atoms with Gasteiger partial charge in [0, 0.05) is 5.57 Å². The van der Waals surface area contributed by atoms with Crippen LogP contribution in [0.3, 0.4) is 0 Å². The topological polar surface area (TPSA) is 68.6 Å². The molecular formula is C21H16FNO4. The molecule has 0 radical (unpaired) electrons. The lowest BCUT2D eigenvalue weighted by Gasteiger charge is -2.07. The average Bonchev–Trinajstić information content (AvgIpc) is 3.14. The number of nitrogens with zero attached hydrogens (tertiary/aromatic N) is 1. The monoisotopic (exact) mass is 365 g/mol. The van der Waals surface area contributed by atoms with E-state index < -0.39 is 11.8 Å². The van der Waals surface area contributed by atoms with Crippen LogP contribution in [0.5, 0.6) is 11.5 Å². The second-order valence-electron chi connectivity index (χ2n) is 5.57. The number of halogens is 1. The van der Waals surface area contributed by atoms with E-state index in [4.69, 9.17) is 14.2 Å². The number of fused-ring (bicyclic) bond motifs is 1. The second kappa shape index (κ2) is 8.19. The summed E-state index contributed by atoms with van der Waals surface area (Å²) in [5, 5.41) is 9.48. The molecule has 6 heteroatoms. The molecule has 0 aliphatic carbocycles. The Kier molecular flexibility index (Phi) is 5.53. The van der Waals surface area contributed by atoms with Crippen molar-refractivity contribution in [3.05, 3.63) is 71.1 Å². The summed E-state index contributed by atoms with van der Waals surface area (Å²) in [6, 6.07) is 12.8. The number of carbonyl (C=O) groups is 1. The first kappa shape index (κ1) is 18.2. The third kappa shape index (κ3) is 4.15. The maximum atomic E-state index is 13.3. The maximum Gasteiger partial charge on any atom is 0.349 e. The van der Waals surface area contributed by atoms with Crippen molar-refractivity contribution < 1.29 is 23.4 Å². The number of benzene rings is 2. The first-order chi connectivity index (χ1) is 13.1. The predicted octanol–water partition coefficient (Wildman–Crippen LogP) is 4.11. The van der Waals surface area contributed by atoms with Gasteiger partial charge in [0.25, 0.3) is 0 Å². The third-order valence-electron chi connectivity index (χ3n) is 3.85. The Morgan fingerprint density at radius 1 is 1.22 bits per heavy atom. The van der Waals surface area contributed by atoms with Crippen molar-refractivity contribution in [2.75, 3.05) is 13.4 Å². The highest BCUT2D eigenvalue weighted by atomic mass is 19.1. The summed E-state index contributed by atoms with van der Waals surface area (Å²) in [7, 11) is 0. The second-order valence-corrected chi connectivity index (χ2v) is 5.57. The predicted molar refractivity (Wildman–Crippen MR) is 97.2 cm³/mol. The lowest BCUT2D eigenvalue weighted by atomic mass is 9.99. The molecule has 1 aliphatic heterocycles. The van der Waals surface area contributed by atoms with Gasteiger partial charge in [0.2, 0.25) is 6.79 Å². The molecular weight excluding hydrogens is 349 g/mol. The fourth-order valence-electron chi connectivity index (χ4n) is 2.57. The van der Waals surface area contributed by atoms with Crippen molar-refractivity contribution in [1.82, 2.24) is 0 Å². The van der Waals surface area contributed by atoms with Crippen LogP contribution in [0.2, 0.25) is 0 Å². The van der Waals surface area contributed by atoms with Gasteiger partial charge in [-0.05, 0) is 42.3 Å². The fourth-order valence-corrected chi connectivity index (χ4v) is 2.57. The van der Waals surface area contributed by atoms with Crippen molar-refractivity contribution in [2.24, 2.45) is 0 Å². The summed E-state index contributed by atoms with van der Waals surface area (Å²) in [6.07, 6.45) is 3.36. The molecule has 0 spiro atoms. The Morgan fingerprint density at radius 3 is 2.67 bits per heavy atom. The first-order valence-electron chi connectivity index (χ1n) is 8.27. The number of hydrogen-bond acceptors (Lipinski definition) is 5. The average molecular weight is 365 g/mol. The Balaban J connectivity index is 2.02. The quantitative estimate of drug-likeness (QED) is 0.345. The van der Waals surface area contributed by atoms with Gasteiger partial charge in [0.05, 0.1) is 6.61 Å². The van der Waals surface area contributed by atoms with Gasteiger partial charge in [0.1, 0.15) is 17.5 Å². The molecule has 27 heavy (non-hydrogen) atoms. The number of esters is 1. The highest BCUT2D eigenvalue weighted by Crippen LogP contribution is 2.33. The molecule has 0 amide bonds. The van der Waals surface area contributed by atoms with Crippen LogP contribution in [0, 0.1) is 17.1 Å². The molecule has 0 N–H and O–H groups in total. The summed E-state index contributed by atoms with van der Waals surface area (Å²) in [6.45, 7) is 1.98. The van der Waals surface area contributed by atoms with Crippen molar-refractivity contribution >= 4 is 17.6 Å². The van der Waals surface area contributed by atoms with Crippen LogP contribution in [-0.2, 0) is 9.53 Å². The van der Waals surface area contributed by atoms with Gasteiger partial charge in [-0.15, -0.1) is 0 Å². The number of ether oxygens (including phenoxy) is 3. The Hall–Kier alpha value is -3.59. The molecule has 0 fully saturated rings. The maximum absolute atomic E-state index is 13.3. The smallest absolute Gasteiger partial charge is 0.349 e. The zero-order chi connectivity index (χ0) is 19.2. The molecule has 0 atom stereocenters. The van der Waals surface area contributed by atoms with Crippen LogP contribution in [0.15, 0.2) is 54.1 Å². The standard InChI is InChI=1S/C21H16FNO4/c1-2-25-21(24)18(12-23)17(15-5-7-16(22)8-6-15)9-3-14-4-10-19-20(11-14)27-13-26-19/h3-11H,2,13H2,1H3. The molecule has 136 valence electrons. The number of hydrogen-bond donors (Lipinski definition) is 0. The Bertz CT molecular complexity index is 955. The molecule has 2 aromatic carbocycles. The first-order valence-corrected chi connectivity index (χ1v) is 8.27. The molecule has 0 saturated heterocycles. The summed E-state index contributed by atoms with van der Waals surface area (Å²) < 4.78 is 28.9. The van der Waals surface area contributed by atoms with Crippen LogP contribution in [0.1, 0.15) is 18.1 Å². The van der Waals surface area contributed by atoms with E-state index in [1.165, 1.54) is 24.3 Å². The summed E-state index contributed by atoms with van der Waals surface area (Å²) in [5.74, 6) is 0.142. The van der Waals surface area contributed by atoms with Gasteiger partial charge in [0.15, 0.2) is 11.5 Å². The van der Waals surface area contributed by atoms with Gasteiger partial charge < -0.3 is 14.2 Å². The van der Waals surface area contributed by atoms with E-state index in [1.807, 2.05) is 12.1 Å². The van der Waals surface area contributed by atoms with Crippen LogP contribution < -0.4 is 9.47 Å². The lowest BCUT2D eigenvalue weighted by molar-refractivity contribution is -0.137. The molecule has 0 aromatic heterocycles. The summed E-state index contributed by atoms with van der Waals surface area (Å²) in [5.41, 5.74) is 1.51. The van der Waals surface area contributed by atoms with Crippen molar-refractivity contribution in [1.29, 1.82) is 5.26 Å². The molecule has 3 rings (SSSR count). The summed E-state index contributed by atoms with van der Waals surface area (Å²) >= 11 is 0. The van der Waals surface area contributed by atoms with Gasteiger partial charge in [-0.3, -0.25) is 0 Å². The van der Waals surface area contributed by atoms with E-state index in [-0.39, 0.29) is 19.0 Å².